The summed E-state index contributed by atoms with van der Waals surface area (Å²) in [7, 11) is -2.33. The van der Waals surface area contributed by atoms with Gasteiger partial charge in [-0.05, 0) is 25.7 Å². The van der Waals surface area contributed by atoms with Crippen molar-refractivity contribution in [3.05, 3.63) is 124 Å². The van der Waals surface area contributed by atoms with Crippen LogP contribution in [-0.2, 0) is 0 Å². The minimum Gasteiger partial charge on any atom is -0.489 e. The highest BCUT2D eigenvalue weighted by molar-refractivity contribution is 6.39. The molecule has 17 heteroatoms. The van der Waals surface area contributed by atoms with E-state index in [0.29, 0.717) is 67.3 Å². The van der Waals surface area contributed by atoms with Crippen LogP contribution in [0, 0.1) is 75.9 Å². The molecule has 0 fully saturated rings. The van der Waals surface area contributed by atoms with Gasteiger partial charge in [-0.25, -0.2) is 43.9 Å². The molecule has 0 N–H and O–H groups in total. The Kier molecular flexibility index (Phi) is 20.7. The van der Waals surface area contributed by atoms with Gasteiger partial charge in [0.1, 0.15) is 23.3 Å². The Labute approximate surface area is 349 Å². The van der Waals surface area contributed by atoms with E-state index in [0.717, 1.165) is 76.3 Å². The normalized spacial score (nSPS) is 11.9. The summed E-state index contributed by atoms with van der Waals surface area (Å²) in [5.41, 5.74) is -0.331. The molecule has 0 heterocycles. The van der Waals surface area contributed by atoms with Crippen molar-refractivity contribution in [3.8, 4) is 17.2 Å². The van der Waals surface area contributed by atoms with E-state index >= 15 is 13.2 Å². The Balaban J connectivity index is 0.000000972. The lowest BCUT2D eigenvalue weighted by Crippen LogP contribution is -2.53. The van der Waals surface area contributed by atoms with Gasteiger partial charge in [-0.2, -0.15) is 6.07 Å². The molecule has 0 saturated heterocycles. The van der Waals surface area contributed by atoms with Crippen LogP contribution >= 0.6 is 0 Å². The molecule has 336 valence electrons. The second-order valence-electron chi connectivity index (χ2n) is 14.6. The number of hydrogen-bond acceptors (Lipinski definition) is 3. The predicted molar refractivity (Wildman–Crippen MR) is 207 cm³/mol. The van der Waals surface area contributed by atoms with Crippen LogP contribution in [0.15, 0.2) is 42.5 Å². The topological polar surface area (TPSA) is 27.7 Å². The zero-order chi connectivity index (χ0) is 45.3. The van der Waals surface area contributed by atoms with Gasteiger partial charge in [-0.3, -0.25) is 8.78 Å². The molecule has 4 aromatic rings. The lowest BCUT2D eigenvalue weighted by atomic mass is 9.92. The molecule has 4 nitrogen and oxygen atoms in total. The Morgan fingerprint density at radius 2 is 0.852 bits per heavy atom. The van der Waals surface area contributed by atoms with E-state index in [9.17, 15) is 39.5 Å². The minimum atomic E-state index is -2.33. The van der Waals surface area contributed by atoms with Crippen LogP contribution in [0.2, 0.25) is 0 Å². The van der Waals surface area contributed by atoms with Crippen molar-refractivity contribution in [1.82, 2.24) is 0 Å². The summed E-state index contributed by atoms with van der Waals surface area (Å²) >= 11 is 0. The molecule has 4 rings (SSSR count). The van der Waals surface area contributed by atoms with Crippen LogP contribution in [0.25, 0.3) is 0 Å². The van der Waals surface area contributed by atoms with Crippen molar-refractivity contribution >= 4 is 7.32 Å². The minimum absolute atomic E-state index is 0.330. The average molecular weight is 880 g/mol. The predicted octanol–water partition coefficient (Wildman–Crippen LogP) is 14.0. The molecule has 0 radical (unpaired) electrons. The molecule has 0 aliphatic carbocycles. The van der Waals surface area contributed by atoms with Crippen LogP contribution in [-0.4, -0.2) is 31.4 Å². The average Bonchev–Trinajstić information content (AvgIpc) is 3.22. The van der Waals surface area contributed by atoms with Gasteiger partial charge in [0.15, 0.2) is 52.4 Å². The first-order valence-electron chi connectivity index (χ1n) is 20.4. The monoisotopic (exact) mass is 879 g/mol. The van der Waals surface area contributed by atoms with Gasteiger partial charge in [-0.1, -0.05) is 72.6 Å². The van der Waals surface area contributed by atoms with Gasteiger partial charge in [0.2, 0.25) is 0 Å². The van der Waals surface area contributed by atoms with E-state index in [-0.39, 0.29) is 5.56 Å². The van der Waals surface area contributed by atoms with E-state index in [2.05, 4.69) is 13.0 Å². The Morgan fingerprint density at radius 1 is 0.459 bits per heavy atom. The number of nitrogens with zero attached hydrogens (tertiary/aromatic N) is 1. The third-order valence-electron chi connectivity index (χ3n) is 10.1. The Morgan fingerprint density at radius 3 is 1.26 bits per heavy atom. The number of quaternary nitrogens is 1. The highest BCUT2D eigenvalue weighted by Crippen LogP contribution is 2.43. The van der Waals surface area contributed by atoms with Crippen LogP contribution in [0.4, 0.5) is 52.7 Å². The van der Waals surface area contributed by atoms with Gasteiger partial charge in [-0.15, -0.1) is 12.1 Å². The molecule has 4 aromatic carbocycles. The number of rotatable bonds is 23. The molecule has 0 aliphatic heterocycles. The van der Waals surface area contributed by atoms with Crippen molar-refractivity contribution in [2.45, 2.75) is 111 Å². The first-order chi connectivity index (χ1) is 29.0. The zero-order valence-corrected chi connectivity index (χ0v) is 34.5. The largest absolute Gasteiger partial charge is 0.864 e. The third-order valence-corrected chi connectivity index (χ3v) is 10.1. The molecule has 0 aromatic heterocycles. The highest BCUT2D eigenvalue weighted by atomic mass is 19.2. The van der Waals surface area contributed by atoms with Crippen LogP contribution in [0.3, 0.4) is 0 Å². The first kappa shape index (κ1) is 50.8. The summed E-state index contributed by atoms with van der Waals surface area (Å²) in [6, 6.07) is 5.01. The molecular weight excluding hydrogens is 829 g/mol. The van der Waals surface area contributed by atoms with Crippen molar-refractivity contribution in [2.75, 3.05) is 19.6 Å². The molecule has 61 heavy (non-hydrogen) atoms. The molecule has 1 atom stereocenters. The number of unbranched alkanes of at least 4 members (excludes halogenated alkanes) is 7. The summed E-state index contributed by atoms with van der Waals surface area (Å²) < 4.78 is 184. The van der Waals surface area contributed by atoms with E-state index in [1.165, 1.54) is 0 Å². The lowest BCUT2D eigenvalue weighted by Gasteiger charge is -2.46. The maximum atomic E-state index is 16.4. The fraction of sp³-hybridized carbons (Fsp3) is 0.455. The molecule has 1 unspecified atom stereocenters. The quantitative estimate of drug-likeness (QED) is 0.0186. The summed E-state index contributed by atoms with van der Waals surface area (Å²) in [5, 5.41) is 0. The van der Waals surface area contributed by atoms with E-state index < -0.39 is 100 Å². The Bertz CT molecular complexity index is 1860. The molecule has 0 spiro atoms. The summed E-state index contributed by atoms with van der Waals surface area (Å²) in [4.78, 5) is 0. The second kappa shape index (κ2) is 24.8. The summed E-state index contributed by atoms with van der Waals surface area (Å²) in [5.74, 6) is -21.3. The number of hydrogen-bond donors (Lipinski definition) is 0. The SMILES string of the molecule is CCCCCCCC(c1c(OB(Oc2cc(F)c(F)c(F)c2)Oc2cc(F)c(F)c(F)c2)cc(F)c(F)c1F)[N+](CCCC)(CCCC)CCCC.Fc1c[c-]cc(F)c1F. The molecule has 0 bridgehead atoms. The smallest absolute Gasteiger partial charge is 0.489 e. The fourth-order valence-electron chi connectivity index (χ4n) is 6.88. The molecule has 0 aliphatic rings. The van der Waals surface area contributed by atoms with Crippen molar-refractivity contribution in [3.63, 3.8) is 0 Å². The zero-order valence-electron chi connectivity index (χ0n) is 34.5. The van der Waals surface area contributed by atoms with Gasteiger partial charge in [0.25, 0.3) is 0 Å². The second-order valence-corrected chi connectivity index (χ2v) is 14.6. The number of benzene rings is 4. The van der Waals surface area contributed by atoms with E-state index in [1.807, 2.05) is 20.8 Å². The third kappa shape index (κ3) is 14.3. The molecular formula is C44H50BF12NO3. The Hall–Kier alpha value is -4.54. The first-order valence-corrected chi connectivity index (χ1v) is 20.4. The van der Waals surface area contributed by atoms with E-state index in [1.54, 1.807) is 0 Å². The number of halogens is 12. The lowest BCUT2D eigenvalue weighted by molar-refractivity contribution is -0.958. The van der Waals surface area contributed by atoms with Gasteiger partial charge in [0, 0.05) is 48.4 Å². The van der Waals surface area contributed by atoms with Crippen LogP contribution in [0.1, 0.15) is 116 Å². The van der Waals surface area contributed by atoms with Crippen molar-refractivity contribution in [1.29, 1.82) is 0 Å². The van der Waals surface area contributed by atoms with Crippen molar-refractivity contribution in [2.24, 2.45) is 0 Å². The van der Waals surface area contributed by atoms with Crippen molar-refractivity contribution < 1.29 is 71.1 Å². The van der Waals surface area contributed by atoms with Gasteiger partial charge in [0.05, 0.1) is 31.0 Å². The van der Waals surface area contributed by atoms with Crippen LogP contribution in [0.5, 0.6) is 17.2 Å². The summed E-state index contributed by atoms with van der Waals surface area (Å²) in [6.07, 6.45) is 9.31. The summed E-state index contributed by atoms with van der Waals surface area (Å²) in [6.45, 7) is 9.88. The van der Waals surface area contributed by atoms with Gasteiger partial charge >= 0.3 is 7.32 Å². The highest BCUT2D eigenvalue weighted by Gasteiger charge is 2.43. The maximum Gasteiger partial charge on any atom is 0.864 e. The van der Waals surface area contributed by atoms with Crippen LogP contribution < -0.4 is 14.0 Å². The maximum absolute atomic E-state index is 16.4. The molecule has 0 amide bonds. The fourth-order valence-corrected chi connectivity index (χ4v) is 6.88. The van der Waals surface area contributed by atoms with Gasteiger partial charge < -0.3 is 18.4 Å². The standard InChI is InChI=1S/C38H48BF9NO3.C6H2F3/c1-5-9-13-14-15-16-32(49(17-10-6-2,18-11-7-3)19-12-8-4)34-33(24-31(44)37(47)38(34)48)52-39(50-25-20-27(40)35(45)28(41)21-25)51-26-22-29(42)36(46)30(43)23-26;7-4-2-1-3-5(8)6(4)9/h20-24,32H,5-19H2,1-4H3;2-3H/q+1;-1. The van der Waals surface area contributed by atoms with E-state index in [4.69, 9.17) is 14.0 Å². The molecule has 0 saturated carbocycles.